The average molecular weight is 500 g/mol. The molecule has 0 aliphatic carbocycles. The van der Waals surface area contributed by atoms with E-state index in [2.05, 4.69) is 15.6 Å². The van der Waals surface area contributed by atoms with Crippen LogP contribution in [-0.2, 0) is 6.54 Å². The van der Waals surface area contributed by atoms with E-state index in [1.54, 1.807) is 7.05 Å². The van der Waals surface area contributed by atoms with Crippen molar-refractivity contribution in [3.63, 3.8) is 0 Å². The number of guanidine groups is 1. The Morgan fingerprint density at radius 2 is 2.11 bits per heavy atom. The Balaban J connectivity index is 0.00000364. The van der Waals surface area contributed by atoms with Crippen molar-refractivity contribution in [1.82, 2.24) is 15.5 Å². The van der Waals surface area contributed by atoms with Gasteiger partial charge in [-0.05, 0) is 31.9 Å². The van der Waals surface area contributed by atoms with Crippen molar-refractivity contribution in [3.05, 3.63) is 29.3 Å². The number of likely N-dealkylation sites (tertiary alicyclic amines) is 1. The van der Waals surface area contributed by atoms with E-state index in [9.17, 15) is 13.2 Å². The molecule has 0 aromatic heterocycles. The van der Waals surface area contributed by atoms with Gasteiger partial charge in [-0.2, -0.15) is 13.2 Å². The van der Waals surface area contributed by atoms with Crippen molar-refractivity contribution >= 4 is 29.9 Å². The molecule has 1 aromatic rings. The summed E-state index contributed by atoms with van der Waals surface area (Å²) in [7, 11) is 1.65. The highest BCUT2D eigenvalue weighted by molar-refractivity contribution is 14.0. The molecular formula is C18H28F3IN4O. The predicted octanol–water partition coefficient (Wildman–Crippen LogP) is 3.31. The summed E-state index contributed by atoms with van der Waals surface area (Å²) in [6.07, 6.45) is -3.50. The summed E-state index contributed by atoms with van der Waals surface area (Å²) in [6, 6.07) is 5.96. The quantitative estimate of drug-likeness (QED) is 0.358. The molecule has 0 bridgehead atoms. The SMILES string of the molecule is CCOc1cc(C)ccc1CNC(=NC)NC1CCN(CC(F)(F)F)C1.I. The molecule has 1 aliphatic heterocycles. The first-order valence-corrected chi connectivity index (χ1v) is 8.79. The van der Waals surface area contributed by atoms with Gasteiger partial charge in [-0.3, -0.25) is 9.89 Å². The van der Waals surface area contributed by atoms with E-state index in [1.807, 2.05) is 32.0 Å². The maximum absolute atomic E-state index is 12.5. The van der Waals surface area contributed by atoms with Crippen LogP contribution in [0.1, 0.15) is 24.5 Å². The van der Waals surface area contributed by atoms with Crippen LogP contribution in [-0.4, -0.2) is 56.4 Å². The zero-order valence-corrected chi connectivity index (χ0v) is 18.2. The highest BCUT2D eigenvalue weighted by atomic mass is 127. The third kappa shape index (κ3) is 8.12. The van der Waals surface area contributed by atoms with Crippen molar-refractivity contribution in [2.75, 3.05) is 33.3 Å². The number of hydrogen-bond donors (Lipinski definition) is 2. The Morgan fingerprint density at radius 1 is 1.37 bits per heavy atom. The highest BCUT2D eigenvalue weighted by Gasteiger charge is 2.34. The number of alkyl halides is 3. The van der Waals surface area contributed by atoms with Crippen molar-refractivity contribution in [2.45, 2.75) is 39.0 Å². The maximum Gasteiger partial charge on any atom is 0.401 e. The van der Waals surface area contributed by atoms with Crippen LogP contribution >= 0.6 is 24.0 Å². The number of halogens is 4. The molecule has 5 nitrogen and oxygen atoms in total. The van der Waals surface area contributed by atoms with Gasteiger partial charge < -0.3 is 15.4 Å². The molecule has 1 atom stereocenters. The third-order valence-electron chi connectivity index (χ3n) is 4.21. The Morgan fingerprint density at radius 3 is 2.74 bits per heavy atom. The first kappa shape index (κ1) is 23.8. The summed E-state index contributed by atoms with van der Waals surface area (Å²) < 4.78 is 43.1. The highest BCUT2D eigenvalue weighted by Crippen LogP contribution is 2.21. The molecule has 154 valence electrons. The van der Waals surface area contributed by atoms with E-state index in [0.29, 0.717) is 38.6 Å². The molecule has 0 saturated carbocycles. The molecule has 27 heavy (non-hydrogen) atoms. The molecule has 1 aliphatic rings. The molecule has 0 spiro atoms. The molecule has 1 saturated heterocycles. The van der Waals surface area contributed by atoms with Crippen molar-refractivity contribution in [1.29, 1.82) is 0 Å². The molecule has 0 radical (unpaired) electrons. The second-order valence-electron chi connectivity index (χ2n) is 6.45. The first-order valence-electron chi connectivity index (χ1n) is 8.79. The molecular weight excluding hydrogens is 472 g/mol. The first-order chi connectivity index (χ1) is 12.3. The lowest BCUT2D eigenvalue weighted by Gasteiger charge is -2.20. The van der Waals surface area contributed by atoms with E-state index in [0.717, 1.165) is 16.9 Å². The zero-order valence-electron chi connectivity index (χ0n) is 15.9. The summed E-state index contributed by atoms with van der Waals surface area (Å²) in [4.78, 5) is 5.59. The van der Waals surface area contributed by atoms with Gasteiger partial charge in [0, 0.05) is 38.3 Å². The lowest BCUT2D eigenvalue weighted by Crippen LogP contribution is -2.44. The summed E-state index contributed by atoms with van der Waals surface area (Å²) >= 11 is 0. The van der Waals surface area contributed by atoms with Gasteiger partial charge in [0.2, 0.25) is 0 Å². The van der Waals surface area contributed by atoms with Gasteiger partial charge in [0.1, 0.15) is 5.75 Å². The maximum atomic E-state index is 12.5. The monoisotopic (exact) mass is 500 g/mol. The Bertz CT molecular complexity index is 625. The molecule has 2 rings (SSSR count). The number of hydrogen-bond acceptors (Lipinski definition) is 3. The standard InChI is InChI=1S/C18H27F3N4O.HI/c1-4-26-16-9-13(2)5-6-14(16)10-23-17(22-3)24-15-7-8-25(11-15)12-18(19,20)21;/h5-6,9,15H,4,7-8,10-12H2,1-3H3,(H2,22,23,24);1H. The lowest BCUT2D eigenvalue weighted by molar-refractivity contribution is -0.143. The van der Waals surface area contributed by atoms with Gasteiger partial charge >= 0.3 is 6.18 Å². The molecule has 1 unspecified atom stereocenters. The van der Waals surface area contributed by atoms with Crippen LogP contribution in [0.4, 0.5) is 13.2 Å². The number of benzene rings is 1. The van der Waals surface area contributed by atoms with E-state index in [1.165, 1.54) is 4.90 Å². The van der Waals surface area contributed by atoms with Crippen molar-refractivity contribution in [3.8, 4) is 5.75 Å². The van der Waals surface area contributed by atoms with Gasteiger partial charge in [0.25, 0.3) is 0 Å². The minimum Gasteiger partial charge on any atom is -0.494 e. The fraction of sp³-hybridized carbons (Fsp3) is 0.611. The van der Waals surface area contributed by atoms with Gasteiger partial charge in [0.15, 0.2) is 5.96 Å². The van der Waals surface area contributed by atoms with Crippen molar-refractivity contribution < 1.29 is 17.9 Å². The average Bonchev–Trinajstić information content (AvgIpc) is 2.98. The largest absolute Gasteiger partial charge is 0.494 e. The normalized spacial score (nSPS) is 18.1. The minimum absolute atomic E-state index is 0. The van der Waals surface area contributed by atoms with E-state index in [4.69, 9.17) is 4.74 Å². The molecule has 9 heteroatoms. The van der Waals surface area contributed by atoms with Crippen LogP contribution in [0.2, 0.25) is 0 Å². The summed E-state index contributed by atoms with van der Waals surface area (Å²) in [5.74, 6) is 1.40. The zero-order chi connectivity index (χ0) is 19.2. The molecule has 2 N–H and O–H groups in total. The van der Waals surface area contributed by atoms with Crippen molar-refractivity contribution in [2.24, 2.45) is 4.99 Å². The molecule has 1 fully saturated rings. The van der Waals surface area contributed by atoms with Crippen LogP contribution in [0, 0.1) is 6.92 Å². The fourth-order valence-corrected chi connectivity index (χ4v) is 3.01. The summed E-state index contributed by atoms with van der Waals surface area (Å²) in [5, 5.41) is 6.42. The Kier molecular flexibility index (Phi) is 9.65. The van der Waals surface area contributed by atoms with E-state index in [-0.39, 0.29) is 30.0 Å². The predicted molar refractivity (Wildman–Crippen MR) is 112 cm³/mol. The summed E-state index contributed by atoms with van der Waals surface area (Å²) in [5.41, 5.74) is 2.13. The number of nitrogens with one attached hydrogen (secondary N) is 2. The number of rotatable bonds is 6. The smallest absolute Gasteiger partial charge is 0.401 e. The lowest BCUT2D eigenvalue weighted by atomic mass is 10.1. The van der Waals surface area contributed by atoms with E-state index < -0.39 is 12.7 Å². The molecule has 1 aromatic carbocycles. The second-order valence-corrected chi connectivity index (χ2v) is 6.45. The minimum atomic E-state index is -4.16. The van der Waals surface area contributed by atoms with Crippen LogP contribution in [0.3, 0.4) is 0 Å². The van der Waals surface area contributed by atoms with Gasteiger partial charge in [-0.25, -0.2) is 0 Å². The fourth-order valence-electron chi connectivity index (χ4n) is 3.01. The number of ether oxygens (including phenoxy) is 1. The van der Waals surface area contributed by atoms with Crippen LogP contribution in [0.5, 0.6) is 5.75 Å². The van der Waals surface area contributed by atoms with Gasteiger partial charge in [-0.15, -0.1) is 24.0 Å². The second kappa shape index (κ2) is 10.9. The van der Waals surface area contributed by atoms with E-state index >= 15 is 0 Å². The van der Waals surface area contributed by atoms with Crippen LogP contribution < -0.4 is 15.4 Å². The molecule has 0 amide bonds. The third-order valence-corrected chi connectivity index (χ3v) is 4.21. The number of aliphatic imine (C=N–C) groups is 1. The number of nitrogens with zero attached hydrogens (tertiary/aromatic N) is 2. The van der Waals surface area contributed by atoms with Gasteiger partial charge in [-0.1, -0.05) is 12.1 Å². The Hall–Kier alpha value is -1.23. The Labute approximate surface area is 175 Å². The van der Waals surface area contributed by atoms with Crippen LogP contribution in [0.15, 0.2) is 23.2 Å². The molecule has 1 heterocycles. The topological polar surface area (TPSA) is 48.9 Å². The summed E-state index contributed by atoms with van der Waals surface area (Å²) in [6.45, 7) is 4.97. The number of aryl methyl sites for hydroxylation is 1. The van der Waals surface area contributed by atoms with Gasteiger partial charge in [0.05, 0.1) is 13.2 Å². The van der Waals surface area contributed by atoms with Crippen LogP contribution in [0.25, 0.3) is 0 Å².